The SMILES string of the molecule is CC(C)(C)NC(=O)c1ccc(NC(=O)NCC2(c3ccccc3)CC2)cc1. The first-order valence-electron chi connectivity index (χ1n) is 9.30. The van der Waals surface area contributed by atoms with Crippen LogP contribution in [0.15, 0.2) is 54.6 Å². The molecule has 3 rings (SSSR count). The van der Waals surface area contributed by atoms with Crippen LogP contribution in [0.2, 0.25) is 0 Å². The van der Waals surface area contributed by atoms with E-state index in [1.807, 2.05) is 39.0 Å². The van der Waals surface area contributed by atoms with Crippen LogP contribution in [0.1, 0.15) is 49.5 Å². The van der Waals surface area contributed by atoms with Crippen molar-refractivity contribution in [2.24, 2.45) is 0 Å². The van der Waals surface area contributed by atoms with Crippen molar-refractivity contribution in [3.8, 4) is 0 Å². The molecule has 0 spiro atoms. The molecule has 5 heteroatoms. The highest BCUT2D eigenvalue weighted by Gasteiger charge is 2.44. The van der Waals surface area contributed by atoms with Crippen molar-refractivity contribution in [3.63, 3.8) is 0 Å². The molecule has 27 heavy (non-hydrogen) atoms. The van der Waals surface area contributed by atoms with Gasteiger partial charge in [-0.3, -0.25) is 4.79 Å². The average Bonchev–Trinajstić information content (AvgIpc) is 3.41. The van der Waals surface area contributed by atoms with Gasteiger partial charge in [-0.2, -0.15) is 0 Å². The fraction of sp³-hybridized carbons (Fsp3) is 0.364. The summed E-state index contributed by atoms with van der Waals surface area (Å²) >= 11 is 0. The van der Waals surface area contributed by atoms with Crippen LogP contribution in [0.3, 0.4) is 0 Å². The van der Waals surface area contributed by atoms with Crippen LogP contribution in [0.5, 0.6) is 0 Å². The maximum atomic E-state index is 12.2. The number of rotatable bonds is 5. The van der Waals surface area contributed by atoms with Crippen molar-refractivity contribution < 1.29 is 9.59 Å². The number of carbonyl (C=O) groups excluding carboxylic acids is 2. The maximum absolute atomic E-state index is 12.2. The van der Waals surface area contributed by atoms with Gasteiger partial charge < -0.3 is 16.0 Å². The molecule has 1 aliphatic rings. The number of nitrogens with one attached hydrogen (secondary N) is 3. The lowest BCUT2D eigenvalue weighted by Crippen LogP contribution is -2.40. The molecule has 2 aromatic rings. The zero-order valence-electron chi connectivity index (χ0n) is 16.1. The topological polar surface area (TPSA) is 70.2 Å². The summed E-state index contributed by atoms with van der Waals surface area (Å²) in [6.07, 6.45) is 2.18. The number of anilines is 1. The van der Waals surface area contributed by atoms with Crippen LogP contribution in [-0.2, 0) is 5.41 Å². The van der Waals surface area contributed by atoms with Gasteiger partial charge in [0.15, 0.2) is 0 Å². The van der Waals surface area contributed by atoms with Crippen molar-refractivity contribution in [3.05, 3.63) is 65.7 Å². The van der Waals surface area contributed by atoms with Crippen LogP contribution < -0.4 is 16.0 Å². The minimum absolute atomic E-state index is 0.0769. The van der Waals surface area contributed by atoms with E-state index in [2.05, 4.69) is 28.1 Å². The zero-order valence-corrected chi connectivity index (χ0v) is 16.1. The van der Waals surface area contributed by atoms with Crippen molar-refractivity contribution >= 4 is 17.6 Å². The average molecular weight is 365 g/mol. The molecule has 2 aromatic carbocycles. The Bertz CT molecular complexity index is 804. The summed E-state index contributed by atoms with van der Waals surface area (Å²) in [6, 6.07) is 17.0. The molecule has 0 unspecified atom stereocenters. The van der Waals surface area contributed by atoms with Gasteiger partial charge in [-0.25, -0.2) is 4.79 Å². The number of hydrogen-bond donors (Lipinski definition) is 3. The van der Waals surface area contributed by atoms with E-state index < -0.39 is 0 Å². The van der Waals surface area contributed by atoms with Crippen LogP contribution in [-0.4, -0.2) is 24.0 Å². The van der Waals surface area contributed by atoms with Gasteiger partial charge in [-0.15, -0.1) is 0 Å². The fourth-order valence-corrected chi connectivity index (χ4v) is 3.05. The van der Waals surface area contributed by atoms with Crippen LogP contribution >= 0.6 is 0 Å². The molecule has 0 bridgehead atoms. The standard InChI is InChI=1S/C22H27N3O2/c1-21(2,3)25-19(26)16-9-11-18(12-10-16)24-20(27)23-15-22(13-14-22)17-7-5-4-6-8-17/h4-12H,13-15H2,1-3H3,(H,25,26)(H2,23,24,27). The van der Waals surface area contributed by atoms with Crippen LogP contribution in [0.25, 0.3) is 0 Å². The van der Waals surface area contributed by atoms with Crippen molar-refractivity contribution in [2.45, 2.75) is 44.6 Å². The van der Waals surface area contributed by atoms with Gasteiger partial charge in [0.1, 0.15) is 0 Å². The minimum atomic E-state index is -0.286. The molecule has 0 saturated heterocycles. The number of carbonyl (C=O) groups is 2. The van der Waals surface area contributed by atoms with Gasteiger partial charge in [-0.05, 0) is 63.4 Å². The molecule has 3 amide bonds. The molecule has 1 aliphatic carbocycles. The predicted octanol–water partition coefficient (Wildman–Crippen LogP) is 4.07. The molecule has 0 aliphatic heterocycles. The second-order valence-electron chi connectivity index (χ2n) is 8.24. The highest BCUT2D eigenvalue weighted by molar-refractivity contribution is 5.95. The van der Waals surface area contributed by atoms with Crippen LogP contribution in [0, 0.1) is 0 Å². The summed E-state index contributed by atoms with van der Waals surface area (Å²) in [5.74, 6) is -0.128. The second-order valence-corrected chi connectivity index (χ2v) is 8.24. The Balaban J connectivity index is 1.52. The molecule has 5 nitrogen and oxygen atoms in total. The lowest BCUT2D eigenvalue weighted by atomic mass is 9.96. The number of hydrogen-bond acceptors (Lipinski definition) is 2. The molecule has 142 valence electrons. The van der Waals surface area contributed by atoms with Crippen LogP contribution in [0.4, 0.5) is 10.5 Å². The van der Waals surface area contributed by atoms with E-state index in [1.54, 1.807) is 24.3 Å². The molecular formula is C22H27N3O2. The van der Waals surface area contributed by atoms with Gasteiger partial charge >= 0.3 is 6.03 Å². The smallest absolute Gasteiger partial charge is 0.319 e. The molecular weight excluding hydrogens is 338 g/mol. The Morgan fingerprint density at radius 2 is 1.59 bits per heavy atom. The van der Waals surface area contributed by atoms with E-state index in [-0.39, 0.29) is 22.9 Å². The van der Waals surface area contributed by atoms with E-state index in [0.29, 0.717) is 17.8 Å². The van der Waals surface area contributed by atoms with Crippen molar-refractivity contribution in [1.29, 1.82) is 0 Å². The summed E-state index contributed by atoms with van der Waals surface area (Å²) in [6.45, 7) is 6.43. The van der Waals surface area contributed by atoms with E-state index in [1.165, 1.54) is 5.56 Å². The first-order valence-corrected chi connectivity index (χ1v) is 9.30. The third kappa shape index (κ3) is 5.09. The summed E-state index contributed by atoms with van der Waals surface area (Å²) in [5.41, 5.74) is 2.29. The molecule has 1 saturated carbocycles. The second kappa shape index (κ2) is 7.43. The Hall–Kier alpha value is -2.82. The normalized spacial score (nSPS) is 14.9. The molecule has 3 N–H and O–H groups in total. The largest absolute Gasteiger partial charge is 0.347 e. The van der Waals surface area contributed by atoms with Crippen molar-refractivity contribution in [2.75, 3.05) is 11.9 Å². The molecule has 0 heterocycles. The monoisotopic (exact) mass is 365 g/mol. The third-order valence-corrected chi connectivity index (χ3v) is 4.72. The number of urea groups is 1. The lowest BCUT2D eigenvalue weighted by Gasteiger charge is -2.20. The first-order chi connectivity index (χ1) is 12.8. The number of benzene rings is 2. The summed E-state index contributed by atoms with van der Waals surface area (Å²) < 4.78 is 0. The summed E-state index contributed by atoms with van der Waals surface area (Å²) in [4.78, 5) is 24.4. The highest BCUT2D eigenvalue weighted by Crippen LogP contribution is 2.47. The summed E-state index contributed by atoms with van der Waals surface area (Å²) in [5, 5.41) is 8.71. The van der Waals surface area contributed by atoms with E-state index in [9.17, 15) is 9.59 Å². The van der Waals surface area contributed by atoms with E-state index >= 15 is 0 Å². The fourth-order valence-electron chi connectivity index (χ4n) is 3.05. The predicted molar refractivity (Wildman–Crippen MR) is 108 cm³/mol. The number of amides is 3. The summed E-state index contributed by atoms with van der Waals surface area (Å²) in [7, 11) is 0. The van der Waals surface area contributed by atoms with Gasteiger partial charge in [0.05, 0.1) is 0 Å². The maximum Gasteiger partial charge on any atom is 0.319 e. The van der Waals surface area contributed by atoms with Crippen molar-refractivity contribution in [1.82, 2.24) is 10.6 Å². The molecule has 0 atom stereocenters. The zero-order chi connectivity index (χ0) is 19.5. The molecule has 0 aromatic heterocycles. The van der Waals surface area contributed by atoms with E-state index in [0.717, 1.165) is 12.8 Å². The van der Waals surface area contributed by atoms with Gasteiger partial charge in [-0.1, -0.05) is 30.3 Å². The Morgan fingerprint density at radius 3 is 2.15 bits per heavy atom. The Kier molecular flexibility index (Phi) is 5.22. The molecule has 1 fully saturated rings. The first kappa shape index (κ1) is 19.0. The third-order valence-electron chi connectivity index (χ3n) is 4.72. The minimum Gasteiger partial charge on any atom is -0.347 e. The van der Waals surface area contributed by atoms with Gasteiger partial charge in [0, 0.05) is 28.7 Å². The Labute approximate surface area is 160 Å². The quantitative estimate of drug-likeness (QED) is 0.747. The molecule has 0 radical (unpaired) electrons. The van der Waals surface area contributed by atoms with Gasteiger partial charge in [0.2, 0.25) is 0 Å². The Morgan fingerprint density at radius 1 is 0.963 bits per heavy atom. The van der Waals surface area contributed by atoms with Gasteiger partial charge in [0.25, 0.3) is 5.91 Å². The van der Waals surface area contributed by atoms with E-state index in [4.69, 9.17) is 0 Å². The highest BCUT2D eigenvalue weighted by atomic mass is 16.2. The lowest BCUT2D eigenvalue weighted by molar-refractivity contribution is 0.0919.